The van der Waals surface area contributed by atoms with E-state index >= 15 is 0 Å². The zero-order valence-corrected chi connectivity index (χ0v) is 8.47. The molecular formula is C8H10BrNO2. The van der Waals surface area contributed by atoms with Gasteiger partial charge >= 0.3 is 5.97 Å². The number of aromatic amines is 1. The van der Waals surface area contributed by atoms with Gasteiger partial charge in [0, 0.05) is 16.4 Å². The number of H-pyrrole nitrogens is 1. The highest BCUT2D eigenvalue weighted by Gasteiger charge is 2.17. The van der Waals surface area contributed by atoms with Gasteiger partial charge in [-0.2, -0.15) is 0 Å². The van der Waals surface area contributed by atoms with Crippen LogP contribution < -0.4 is 0 Å². The van der Waals surface area contributed by atoms with Gasteiger partial charge < -0.3 is 10.1 Å². The Morgan fingerprint density at radius 1 is 1.67 bits per heavy atom. The van der Waals surface area contributed by atoms with Crippen LogP contribution in [0.4, 0.5) is 0 Å². The second-order valence-corrected chi connectivity index (χ2v) is 3.74. The number of aromatic carboxylic acids is 1. The van der Waals surface area contributed by atoms with Crippen molar-refractivity contribution in [3.8, 4) is 0 Å². The minimum absolute atomic E-state index is 0.197. The van der Waals surface area contributed by atoms with Gasteiger partial charge in [0.25, 0.3) is 0 Å². The quantitative estimate of drug-likeness (QED) is 0.823. The summed E-state index contributed by atoms with van der Waals surface area (Å²) in [6.07, 6.45) is 1.65. The second-order valence-electron chi connectivity index (χ2n) is 2.89. The van der Waals surface area contributed by atoms with Gasteiger partial charge in [-0.15, -0.1) is 0 Å². The molecule has 0 bridgehead atoms. The monoisotopic (exact) mass is 231 g/mol. The van der Waals surface area contributed by atoms with Crippen LogP contribution in [-0.4, -0.2) is 16.1 Å². The molecule has 1 heterocycles. The van der Waals surface area contributed by atoms with Crippen LogP contribution >= 0.6 is 15.9 Å². The summed E-state index contributed by atoms with van der Waals surface area (Å²) in [7, 11) is 0. The molecule has 0 spiro atoms. The molecule has 0 aliphatic carbocycles. The Morgan fingerprint density at radius 3 is 2.58 bits per heavy atom. The first kappa shape index (κ1) is 9.32. The molecule has 3 nitrogen and oxygen atoms in total. The third-order valence-electron chi connectivity index (χ3n) is 1.65. The summed E-state index contributed by atoms with van der Waals surface area (Å²) in [6, 6.07) is 0. The summed E-state index contributed by atoms with van der Waals surface area (Å²) in [4.78, 5) is 13.7. The van der Waals surface area contributed by atoms with E-state index in [2.05, 4.69) is 20.9 Å². The molecule has 0 aliphatic heterocycles. The first-order valence-corrected chi connectivity index (χ1v) is 4.43. The molecule has 66 valence electrons. The van der Waals surface area contributed by atoms with Crippen molar-refractivity contribution in [2.45, 2.75) is 19.8 Å². The molecule has 0 atom stereocenters. The number of nitrogens with one attached hydrogen (secondary N) is 1. The van der Waals surface area contributed by atoms with Crippen molar-refractivity contribution < 1.29 is 9.90 Å². The third-order valence-corrected chi connectivity index (χ3v) is 2.28. The van der Waals surface area contributed by atoms with Crippen LogP contribution in [0.1, 0.15) is 35.8 Å². The largest absolute Gasteiger partial charge is 0.478 e. The van der Waals surface area contributed by atoms with E-state index in [0.717, 1.165) is 5.69 Å². The van der Waals surface area contributed by atoms with E-state index in [9.17, 15) is 4.79 Å². The molecule has 1 aromatic heterocycles. The molecule has 0 unspecified atom stereocenters. The topological polar surface area (TPSA) is 53.1 Å². The minimum atomic E-state index is -0.896. The fourth-order valence-corrected chi connectivity index (χ4v) is 1.58. The van der Waals surface area contributed by atoms with Crippen molar-refractivity contribution in [2.75, 3.05) is 0 Å². The van der Waals surface area contributed by atoms with Crippen LogP contribution in [0.3, 0.4) is 0 Å². The number of hydrogen-bond donors (Lipinski definition) is 2. The van der Waals surface area contributed by atoms with Gasteiger partial charge in [-0.05, 0) is 21.8 Å². The second kappa shape index (κ2) is 3.31. The molecule has 0 amide bonds. The smallest absolute Gasteiger partial charge is 0.338 e. The predicted octanol–water partition coefficient (Wildman–Crippen LogP) is 2.60. The fourth-order valence-electron chi connectivity index (χ4n) is 1.09. The maximum Gasteiger partial charge on any atom is 0.338 e. The summed E-state index contributed by atoms with van der Waals surface area (Å²) < 4.78 is 0.610. The van der Waals surface area contributed by atoms with E-state index < -0.39 is 5.97 Å². The lowest BCUT2D eigenvalue weighted by atomic mass is 10.1. The molecule has 2 N–H and O–H groups in total. The van der Waals surface area contributed by atoms with Crippen molar-refractivity contribution in [3.05, 3.63) is 21.9 Å². The van der Waals surface area contributed by atoms with E-state index in [4.69, 9.17) is 5.11 Å². The number of hydrogen-bond acceptors (Lipinski definition) is 1. The highest BCUT2D eigenvalue weighted by atomic mass is 79.9. The normalized spacial score (nSPS) is 10.7. The first-order chi connectivity index (χ1) is 5.54. The van der Waals surface area contributed by atoms with Crippen LogP contribution in [0, 0.1) is 0 Å². The number of rotatable bonds is 2. The maximum absolute atomic E-state index is 10.8. The molecule has 0 fully saturated rings. The Hall–Kier alpha value is -0.770. The lowest BCUT2D eigenvalue weighted by Crippen LogP contribution is -2.02. The summed E-state index contributed by atoms with van der Waals surface area (Å²) in [5.74, 6) is -0.700. The van der Waals surface area contributed by atoms with Gasteiger partial charge in [-0.25, -0.2) is 4.79 Å². The first-order valence-electron chi connectivity index (χ1n) is 3.64. The molecule has 4 heteroatoms. The maximum atomic E-state index is 10.8. The van der Waals surface area contributed by atoms with E-state index in [0.29, 0.717) is 10.0 Å². The lowest BCUT2D eigenvalue weighted by molar-refractivity contribution is 0.0694. The number of carboxylic acids is 1. The van der Waals surface area contributed by atoms with Gasteiger partial charge in [0.05, 0.1) is 5.56 Å². The minimum Gasteiger partial charge on any atom is -0.478 e. The van der Waals surface area contributed by atoms with Crippen LogP contribution in [0.15, 0.2) is 10.7 Å². The highest BCUT2D eigenvalue weighted by molar-refractivity contribution is 9.10. The van der Waals surface area contributed by atoms with Gasteiger partial charge in [0.1, 0.15) is 0 Å². The number of halogens is 1. The predicted molar refractivity (Wildman–Crippen MR) is 49.5 cm³/mol. The fraction of sp³-hybridized carbons (Fsp3) is 0.375. The molecule has 0 aromatic carbocycles. The van der Waals surface area contributed by atoms with Crippen molar-refractivity contribution in [1.29, 1.82) is 0 Å². The van der Waals surface area contributed by atoms with Crippen LogP contribution in [0.2, 0.25) is 0 Å². The SMILES string of the molecule is CC(C)c1[nH]cc(Br)c1C(=O)O. The highest BCUT2D eigenvalue weighted by Crippen LogP contribution is 2.25. The molecule has 1 rings (SSSR count). The van der Waals surface area contributed by atoms with E-state index in [1.807, 2.05) is 13.8 Å². The standard InChI is InChI=1S/C8H10BrNO2/c1-4(2)7-6(8(11)12)5(9)3-10-7/h3-4,10H,1-2H3,(H,11,12). The van der Waals surface area contributed by atoms with Crippen LogP contribution in [-0.2, 0) is 0 Å². The van der Waals surface area contributed by atoms with Crippen LogP contribution in [0.5, 0.6) is 0 Å². The van der Waals surface area contributed by atoms with E-state index in [1.165, 1.54) is 0 Å². The lowest BCUT2D eigenvalue weighted by Gasteiger charge is -2.03. The molecule has 0 saturated carbocycles. The summed E-state index contributed by atoms with van der Waals surface area (Å²) in [6.45, 7) is 3.90. The Balaban J connectivity index is 3.21. The van der Waals surface area contributed by atoms with Crippen molar-refractivity contribution in [2.24, 2.45) is 0 Å². The Labute approximate surface area is 78.9 Å². The average Bonchev–Trinajstić information content (AvgIpc) is 2.30. The van der Waals surface area contributed by atoms with Gasteiger partial charge in [0.15, 0.2) is 0 Å². The van der Waals surface area contributed by atoms with E-state index in [1.54, 1.807) is 6.20 Å². The molecule has 0 saturated heterocycles. The Kier molecular flexibility index (Phi) is 2.57. The molecule has 0 aliphatic rings. The molecule has 12 heavy (non-hydrogen) atoms. The van der Waals surface area contributed by atoms with E-state index in [-0.39, 0.29) is 5.92 Å². The van der Waals surface area contributed by atoms with Crippen molar-refractivity contribution in [1.82, 2.24) is 4.98 Å². The molecule has 1 aromatic rings. The molecular weight excluding hydrogens is 222 g/mol. The zero-order valence-electron chi connectivity index (χ0n) is 6.89. The van der Waals surface area contributed by atoms with Crippen molar-refractivity contribution in [3.63, 3.8) is 0 Å². The number of aromatic nitrogens is 1. The van der Waals surface area contributed by atoms with Gasteiger partial charge in [0.2, 0.25) is 0 Å². The Morgan fingerprint density at radius 2 is 2.25 bits per heavy atom. The van der Waals surface area contributed by atoms with Gasteiger partial charge in [-0.3, -0.25) is 0 Å². The van der Waals surface area contributed by atoms with Gasteiger partial charge in [-0.1, -0.05) is 13.8 Å². The van der Waals surface area contributed by atoms with Crippen LogP contribution in [0.25, 0.3) is 0 Å². The Bertz CT molecular complexity index is 304. The summed E-state index contributed by atoms with van der Waals surface area (Å²) in [5.41, 5.74) is 1.10. The number of carboxylic acid groups (broad SMARTS) is 1. The molecule has 0 radical (unpaired) electrons. The average molecular weight is 232 g/mol. The summed E-state index contributed by atoms with van der Waals surface area (Å²) >= 11 is 3.17. The van der Waals surface area contributed by atoms with Crippen molar-refractivity contribution >= 4 is 21.9 Å². The zero-order chi connectivity index (χ0) is 9.30. The third kappa shape index (κ3) is 1.53. The number of carbonyl (C=O) groups is 1. The summed E-state index contributed by atoms with van der Waals surface area (Å²) in [5, 5.41) is 8.83.